The van der Waals surface area contributed by atoms with E-state index in [-0.39, 0.29) is 17.9 Å². The molecule has 0 amide bonds. The van der Waals surface area contributed by atoms with Crippen molar-refractivity contribution in [2.24, 2.45) is 5.92 Å². The maximum atomic E-state index is 11.4. The minimum absolute atomic E-state index is 0.233. The van der Waals surface area contributed by atoms with E-state index in [2.05, 4.69) is 17.4 Å². The number of nitrogens with one attached hydrogen (secondary N) is 1. The number of carbonyl (C=O) groups is 1. The Bertz CT molecular complexity index is 419. The lowest BCUT2D eigenvalue weighted by Gasteiger charge is -2.08. The average molecular weight is 249 g/mol. The molecule has 1 aliphatic rings. The van der Waals surface area contributed by atoms with Crippen LogP contribution in [-0.2, 0) is 16.0 Å². The van der Waals surface area contributed by atoms with Gasteiger partial charge in [0, 0.05) is 5.92 Å². The summed E-state index contributed by atoms with van der Waals surface area (Å²) in [7, 11) is 1.40. The van der Waals surface area contributed by atoms with Crippen LogP contribution in [0, 0.1) is 5.92 Å². The smallest absolute Gasteiger partial charge is 0.328 e. The summed E-state index contributed by atoms with van der Waals surface area (Å²) in [6.07, 6.45) is 1.60. The number of ether oxygens (including phenoxy) is 1. The third kappa shape index (κ3) is 2.82. The number of thiocarbonyl (C=S) groups is 1. The maximum Gasteiger partial charge on any atom is 0.328 e. The van der Waals surface area contributed by atoms with E-state index in [4.69, 9.17) is 17.0 Å². The Labute approximate surface area is 106 Å². The summed E-state index contributed by atoms with van der Waals surface area (Å²) in [4.78, 5) is 12.2. The minimum Gasteiger partial charge on any atom is -0.467 e. The second-order valence-corrected chi connectivity index (χ2v) is 4.65. The van der Waals surface area contributed by atoms with Gasteiger partial charge in [-0.05, 0) is 18.4 Å². The molecule has 1 aliphatic heterocycles. The molecule has 0 radical (unpaired) electrons. The third-order valence-corrected chi connectivity index (χ3v) is 3.47. The number of benzene rings is 1. The second kappa shape index (κ2) is 5.27. The molecule has 1 N–H and O–H groups in total. The summed E-state index contributed by atoms with van der Waals surface area (Å²) in [6.45, 7) is 0. The number of hydrogen-bond acceptors (Lipinski definition) is 3. The van der Waals surface area contributed by atoms with Gasteiger partial charge in [-0.15, -0.1) is 0 Å². The number of esters is 1. The standard InChI is InChI=1S/C13H15NO2S/c1-16-13(15)11-8-10(12(17)14-11)7-9-5-3-2-4-6-9/h2-6,10-11H,7-8H2,1H3,(H,14,17). The highest BCUT2D eigenvalue weighted by atomic mass is 32.1. The Morgan fingerprint density at radius 3 is 2.82 bits per heavy atom. The molecule has 0 saturated carbocycles. The Balaban J connectivity index is 1.99. The third-order valence-electron chi connectivity index (χ3n) is 3.02. The van der Waals surface area contributed by atoms with Crippen molar-refractivity contribution in [3.63, 3.8) is 0 Å². The zero-order chi connectivity index (χ0) is 12.3. The highest BCUT2D eigenvalue weighted by Crippen LogP contribution is 2.22. The van der Waals surface area contributed by atoms with Gasteiger partial charge >= 0.3 is 5.97 Å². The second-order valence-electron chi connectivity index (χ2n) is 4.21. The van der Waals surface area contributed by atoms with E-state index in [1.54, 1.807) is 0 Å². The molecule has 4 heteroatoms. The van der Waals surface area contributed by atoms with Crippen LogP contribution in [0.3, 0.4) is 0 Å². The Morgan fingerprint density at radius 1 is 1.47 bits per heavy atom. The van der Waals surface area contributed by atoms with Crippen molar-refractivity contribution in [1.82, 2.24) is 5.32 Å². The van der Waals surface area contributed by atoms with Crippen molar-refractivity contribution in [3.8, 4) is 0 Å². The van der Waals surface area contributed by atoms with E-state index in [0.29, 0.717) is 0 Å². The summed E-state index contributed by atoms with van der Waals surface area (Å²) >= 11 is 5.26. The van der Waals surface area contributed by atoms with Crippen molar-refractivity contribution < 1.29 is 9.53 Å². The molecule has 1 aromatic rings. The van der Waals surface area contributed by atoms with E-state index in [1.165, 1.54) is 12.7 Å². The fourth-order valence-electron chi connectivity index (χ4n) is 2.11. The number of carbonyl (C=O) groups excluding carboxylic acids is 1. The average Bonchev–Trinajstić information content (AvgIpc) is 2.71. The molecule has 90 valence electrons. The van der Waals surface area contributed by atoms with E-state index >= 15 is 0 Å². The monoisotopic (exact) mass is 249 g/mol. The maximum absolute atomic E-state index is 11.4. The normalized spacial score (nSPS) is 23.2. The Kier molecular flexibility index (Phi) is 3.74. The predicted molar refractivity (Wildman–Crippen MR) is 69.8 cm³/mol. The minimum atomic E-state index is -0.277. The zero-order valence-corrected chi connectivity index (χ0v) is 10.5. The fourth-order valence-corrected chi connectivity index (χ4v) is 2.43. The van der Waals surface area contributed by atoms with Crippen LogP contribution in [0.5, 0.6) is 0 Å². The van der Waals surface area contributed by atoms with Crippen LogP contribution in [0.4, 0.5) is 0 Å². The summed E-state index contributed by atoms with van der Waals surface area (Å²) in [5.41, 5.74) is 1.24. The highest BCUT2D eigenvalue weighted by molar-refractivity contribution is 7.80. The van der Waals surface area contributed by atoms with Crippen molar-refractivity contribution in [3.05, 3.63) is 35.9 Å². The summed E-state index contributed by atoms with van der Waals surface area (Å²) in [5.74, 6) is -0.000545. The molecular formula is C13H15NO2S. The molecule has 3 nitrogen and oxygen atoms in total. The Morgan fingerprint density at radius 2 is 2.18 bits per heavy atom. The topological polar surface area (TPSA) is 38.3 Å². The molecule has 1 heterocycles. The molecule has 2 unspecified atom stereocenters. The largest absolute Gasteiger partial charge is 0.467 e. The predicted octanol–water partition coefficient (Wildman–Crippen LogP) is 1.71. The first-order valence-electron chi connectivity index (χ1n) is 5.63. The van der Waals surface area contributed by atoms with Gasteiger partial charge in [0.05, 0.1) is 12.1 Å². The SMILES string of the molecule is COC(=O)C1CC(Cc2ccccc2)C(=S)N1. The van der Waals surface area contributed by atoms with Crippen LogP contribution in [0.2, 0.25) is 0 Å². The molecule has 1 aromatic carbocycles. The zero-order valence-electron chi connectivity index (χ0n) is 9.68. The van der Waals surface area contributed by atoms with Crippen LogP contribution in [0.1, 0.15) is 12.0 Å². The number of rotatable bonds is 3. The van der Waals surface area contributed by atoms with Gasteiger partial charge in [0.25, 0.3) is 0 Å². The van der Waals surface area contributed by atoms with Crippen molar-refractivity contribution in [1.29, 1.82) is 0 Å². The van der Waals surface area contributed by atoms with Gasteiger partial charge in [-0.25, -0.2) is 4.79 Å². The quantitative estimate of drug-likeness (QED) is 0.654. The lowest BCUT2D eigenvalue weighted by Crippen LogP contribution is -2.33. The van der Waals surface area contributed by atoms with E-state index in [0.717, 1.165) is 17.8 Å². The first-order chi connectivity index (χ1) is 8.20. The summed E-state index contributed by atoms with van der Waals surface area (Å²) in [5, 5.41) is 3.03. The fraction of sp³-hybridized carbons (Fsp3) is 0.385. The van der Waals surface area contributed by atoms with Crippen LogP contribution in [0.25, 0.3) is 0 Å². The van der Waals surface area contributed by atoms with Crippen LogP contribution >= 0.6 is 12.2 Å². The van der Waals surface area contributed by atoms with Crippen molar-refractivity contribution in [2.45, 2.75) is 18.9 Å². The van der Waals surface area contributed by atoms with Crippen LogP contribution < -0.4 is 5.32 Å². The van der Waals surface area contributed by atoms with Gasteiger partial charge in [0.2, 0.25) is 0 Å². The van der Waals surface area contributed by atoms with Gasteiger partial charge in [-0.1, -0.05) is 42.5 Å². The summed E-state index contributed by atoms with van der Waals surface area (Å²) < 4.78 is 4.72. The molecule has 0 aliphatic carbocycles. The number of methoxy groups -OCH3 is 1. The van der Waals surface area contributed by atoms with Gasteiger partial charge in [0.15, 0.2) is 0 Å². The Hall–Kier alpha value is -1.42. The van der Waals surface area contributed by atoms with Gasteiger partial charge < -0.3 is 10.1 Å². The first kappa shape index (κ1) is 12.0. The van der Waals surface area contributed by atoms with Gasteiger partial charge in [0.1, 0.15) is 6.04 Å². The van der Waals surface area contributed by atoms with E-state index in [9.17, 15) is 4.79 Å². The lowest BCUT2D eigenvalue weighted by atomic mass is 9.97. The summed E-state index contributed by atoms with van der Waals surface area (Å²) in [6, 6.07) is 9.90. The molecule has 0 aromatic heterocycles. The molecule has 2 atom stereocenters. The van der Waals surface area contributed by atoms with E-state index in [1.807, 2.05) is 18.2 Å². The number of hydrogen-bond donors (Lipinski definition) is 1. The van der Waals surface area contributed by atoms with Crippen LogP contribution in [0.15, 0.2) is 30.3 Å². The van der Waals surface area contributed by atoms with Crippen LogP contribution in [-0.4, -0.2) is 24.1 Å². The molecule has 2 rings (SSSR count). The van der Waals surface area contributed by atoms with Gasteiger partial charge in [-0.2, -0.15) is 0 Å². The molecule has 17 heavy (non-hydrogen) atoms. The molecule has 1 fully saturated rings. The van der Waals surface area contributed by atoms with Crippen molar-refractivity contribution >= 4 is 23.2 Å². The first-order valence-corrected chi connectivity index (χ1v) is 6.03. The molecular weight excluding hydrogens is 234 g/mol. The molecule has 1 saturated heterocycles. The van der Waals surface area contributed by atoms with E-state index < -0.39 is 0 Å². The highest BCUT2D eigenvalue weighted by Gasteiger charge is 2.33. The molecule has 0 spiro atoms. The van der Waals surface area contributed by atoms with Gasteiger partial charge in [-0.3, -0.25) is 0 Å². The molecule has 0 bridgehead atoms. The van der Waals surface area contributed by atoms with Crippen molar-refractivity contribution in [2.75, 3.05) is 7.11 Å². The lowest BCUT2D eigenvalue weighted by molar-refractivity contribution is -0.142.